The molecule has 1 saturated heterocycles. The zero-order valence-electron chi connectivity index (χ0n) is 13.0. The Morgan fingerprint density at radius 3 is 3.00 bits per heavy atom. The highest BCUT2D eigenvalue weighted by molar-refractivity contribution is 5.77. The fourth-order valence-corrected chi connectivity index (χ4v) is 3.53. The van der Waals surface area contributed by atoms with Gasteiger partial charge < -0.3 is 9.88 Å². The van der Waals surface area contributed by atoms with Crippen LogP contribution in [-0.4, -0.2) is 22.6 Å². The second-order valence-corrected chi connectivity index (χ2v) is 6.24. The molecule has 0 unspecified atom stereocenters. The third kappa shape index (κ3) is 2.86. The van der Waals surface area contributed by atoms with Crippen LogP contribution in [0.25, 0.3) is 11.0 Å². The second kappa shape index (κ2) is 6.13. The molecule has 3 heterocycles. The molecule has 118 valence electrons. The number of hydrogen-bond donors (Lipinski definition) is 1. The lowest BCUT2D eigenvalue weighted by Gasteiger charge is -2.24. The fourth-order valence-electron chi connectivity index (χ4n) is 3.53. The van der Waals surface area contributed by atoms with Gasteiger partial charge >= 0.3 is 0 Å². The van der Waals surface area contributed by atoms with Gasteiger partial charge in [0.2, 0.25) is 0 Å². The largest absolute Gasteiger partial charge is 0.325 e. The first-order valence-corrected chi connectivity index (χ1v) is 8.20. The molecule has 1 atom stereocenters. The van der Waals surface area contributed by atoms with Crippen LogP contribution in [0.1, 0.15) is 30.0 Å². The Morgan fingerprint density at radius 2 is 2.17 bits per heavy atom. The minimum Gasteiger partial charge on any atom is -0.325 e. The van der Waals surface area contributed by atoms with Gasteiger partial charge in [-0.1, -0.05) is 12.1 Å². The van der Waals surface area contributed by atoms with Crippen LogP contribution in [0.2, 0.25) is 0 Å². The predicted octanol–water partition coefficient (Wildman–Crippen LogP) is 3.69. The van der Waals surface area contributed by atoms with E-state index in [1.54, 1.807) is 12.1 Å². The molecule has 1 aliphatic heterocycles. The molecule has 1 aliphatic rings. The minimum atomic E-state index is -0.187. The van der Waals surface area contributed by atoms with Crippen molar-refractivity contribution < 1.29 is 4.39 Å². The molecule has 3 aromatic rings. The Morgan fingerprint density at radius 1 is 1.22 bits per heavy atom. The zero-order chi connectivity index (χ0) is 15.6. The third-order valence-electron chi connectivity index (χ3n) is 4.63. The Labute approximate surface area is 135 Å². The maximum Gasteiger partial charge on any atom is 0.140 e. The van der Waals surface area contributed by atoms with E-state index in [4.69, 9.17) is 0 Å². The smallest absolute Gasteiger partial charge is 0.140 e. The number of aromatic nitrogens is 2. The number of pyridine rings is 1. The van der Waals surface area contributed by atoms with E-state index in [1.165, 1.54) is 24.6 Å². The quantitative estimate of drug-likeness (QED) is 0.799. The van der Waals surface area contributed by atoms with Crippen LogP contribution in [0.5, 0.6) is 0 Å². The van der Waals surface area contributed by atoms with Gasteiger partial charge in [-0.05, 0) is 55.3 Å². The molecule has 0 amide bonds. The summed E-state index contributed by atoms with van der Waals surface area (Å²) in [6.45, 7) is 2.75. The Balaban J connectivity index is 1.79. The SMILES string of the molecule is Fc1cccc(Cn2c([C@H]3CCCNC3)cc3cccnc32)c1. The monoisotopic (exact) mass is 309 g/mol. The first-order chi connectivity index (χ1) is 11.3. The molecule has 23 heavy (non-hydrogen) atoms. The Kier molecular flexibility index (Phi) is 3.83. The average molecular weight is 309 g/mol. The van der Waals surface area contributed by atoms with Gasteiger partial charge in [0, 0.05) is 36.3 Å². The normalized spacial score (nSPS) is 18.4. The number of nitrogens with zero attached hydrogens (tertiary/aromatic N) is 2. The molecular formula is C19H20FN3. The lowest BCUT2D eigenvalue weighted by Crippen LogP contribution is -2.29. The first kappa shape index (κ1) is 14.4. The van der Waals surface area contributed by atoms with Crippen molar-refractivity contribution in [3.63, 3.8) is 0 Å². The summed E-state index contributed by atoms with van der Waals surface area (Å²) < 4.78 is 15.8. The third-order valence-corrected chi connectivity index (χ3v) is 4.63. The number of hydrogen-bond acceptors (Lipinski definition) is 2. The summed E-state index contributed by atoms with van der Waals surface area (Å²) >= 11 is 0. The molecule has 0 radical (unpaired) electrons. The van der Waals surface area contributed by atoms with E-state index in [-0.39, 0.29) is 5.82 Å². The van der Waals surface area contributed by atoms with Gasteiger partial charge in [0.05, 0.1) is 0 Å². The summed E-state index contributed by atoms with van der Waals surface area (Å²) in [5, 5.41) is 4.64. The van der Waals surface area contributed by atoms with Crippen molar-refractivity contribution in [1.29, 1.82) is 0 Å². The summed E-state index contributed by atoms with van der Waals surface area (Å²) in [4.78, 5) is 4.56. The molecule has 2 aromatic heterocycles. The van der Waals surface area contributed by atoms with Crippen molar-refractivity contribution in [2.45, 2.75) is 25.3 Å². The van der Waals surface area contributed by atoms with E-state index < -0.39 is 0 Å². The van der Waals surface area contributed by atoms with Crippen molar-refractivity contribution in [1.82, 2.24) is 14.9 Å². The number of fused-ring (bicyclic) bond motifs is 1. The van der Waals surface area contributed by atoms with E-state index in [9.17, 15) is 4.39 Å². The standard InChI is InChI=1S/C19H20FN3/c20-17-7-1-4-14(10-17)13-23-18(16-6-2-8-21-12-16)11-15-5-3-9-22-19(15)23/h1,3-5,7,9-11,16,21H,2,6,8,12-13H2/t16-/m0/s1. The van der Waals surface area contributed by atoms with Crippen LogP contribution in [0, 0.1) is 5.82 Å². The zero-order valence-corrected chi connectivity index (χ0v) is 13.0. The van der Waals surface area contributed by atoms with Gasteiger partial charge in [0.1, 0.15) is 11.5 Å². The van der Waals surface area contributed by atoms with Crippen molar-refractivity contribution in [2.24, 2.45) is 0 Å². The van der Waals surface area contributed by atoms with E-state index in [2.05, 4.69) is 27.0 Å². The van der Waals surface area contributed by atoms with Crippen LogP contribution < -0.4 is 5.32 Å². The number of halogens is 1. The van der Waals surface area contributed by atoms with Crippen LogP contribution in [0.3, 0.4) is 0 Å². The maximum absolute atomic E-state index is 13.5. The first-order valence-electron chi connectivity index (χ1n) is 8.20. The molecule has 1 aromatic carbocycles. The Bertz CT molecular complexity index is 818. The predicted molar refractivity (Wildman–Crippen MR) is 90.1 cm³/mol. The highest BCUT2D eigenvalue weighted by atomic mass is 19.1. The van der Waals surface area contributed by atoms with Crippen LogP contribution >= 0.6 is 0 Å². The van der Waals surface area contributed by atoms with E-state index >= 15 is 0 Å². The van der Waals surface area contributed by atoms with Crippen LogP contribution in [-0.2, 0) is 6.54 Å². The van der Waals surface area contributed by atoms with E-state index in [0.717, 1.165) is 29.7 Å². The number of nitrogens with one attached hydrogen (secondary N) is 1. The number of piperidine rings is 1. The molecule has 0 saturated carbocycles. The second-order valence-electron chi connectivity index (χ2n) is 6.24. The van der Waals surface area contributed by atoms with Crippen LogP contribution in [0.15, 0.2) is 48.7 Å². The highest BCUT2D eigenvalue weighted by Crippen LogP contribution is 2.29. The molecule has 1 N–H and O–H groups in total. The van der Waals surface area contributed by atoms with Crippen molar-refractivity contribution in [3.8, 4) is 0 Å². The van der Waals surface area contributed by atoms with Gasteiger partial charge in [-0.2, -0.15) is 0 Å². The van der Waals surface area contributed by atoms with Gasteiger partial charge in [-0.15, -0.1) is 0 Å². The molecular weight excluding hydrogens is 289 g/mol. The van der Waals surface area contributed by atoms with Gasteiger partial charge in [-0.25, -0.2) is 9.37 Å². The average Bonchev–Trinajstić information content (AvgIpc) is 2.95. The van der Waals surface area contributed by atoms with Gasteiger partial charge in [-0.3, -0.25) is 0 Å². The maximum atomic E-state index is 13.5. The minimum absolute atomic E-state index is 0.187. The molecule has 0 aliphatic carbocycles. The molecule has 1 fully saturated rings. The summed E-state index contributed by atoms with van der Waals surface area (Å²) in [5.41, 5.74) is 3.26. The fraction of sp³-hybridized carbons (Fsp3) is 0.316. The van der Waals surface area contributed by atoms with E-state index in [1.807, 2.05) is 18.3 Å². The Hall–Kier alpha value is -2.20. The van der Waals surface area contributed by atoms with Crippen molar-refractivity contribution >= 4 is 11.0 Å². The number of benzene rings is 1. The highest BCUT2D eigenvalue weighted by Gasteiger charge is 2.21. The van der Waals surface area contributed by atoms with Crippen molar-refractivity contribution in [3.05, 3.63) is 65.7 Å². The summed E-state index contributed by atoms with van der Waals surface area (Å²) in [6.07, 6.45) is 4.21. The summed E-state index contributed by atoms with van der Waals surface area (Å²) in [7, 11) is 0. The van der Waals surface area contributed by atoms with Crippen molar-refractivity contribution in [2.75, 3.05) is 13.1 Å². The molecule has 4 rings (SSSR count). The van der Waals surface area contributed by atoms with Crippen LogP contribution in [0.4, 0.5) is 4.39 Å². The van der Waals surface area contributed by atoms with E-state index in [0.29, 0.717) is 12.5 Å². The number of rotatable bonds is 3. The van der Waals surface area contributed by atoms with Gasteiger partial charge in [0.25, 0.3) is 0 Å². The molecule has 4 heteroatoms. The molecule has 0 bridgehead atoms. The topological polar surface area (TPSA) is 29.9 Å². The molecule has 3 nitrogen and oxygen atoms in total. The lowest BCUT2D eigenvalue weighted by atomic mass is 9.96. The van der Waals surface area contributed by atoms with Gasteiger partial charge in [0.15, 0.2) is 0 Å². The summed E-state index contributed by atoms with van der Waals surface area (Å²) in [6, 6.07) is 13.2. The summed E-state index contributed by atoms with van der Waals surface area (Å²) in [5.74, 6) is 0.305. The lowest BCUT2D eigenvalue weighted by molar-refractivity contribution is 0.445. The molecule has 0 spiro atoms.